The molecule has 2 saturated heterocycles. The van der Waals surface area contributed by atoms with Gasteiger partial charge in [-0.3, -0.25) is 9.69 Å². The summed E-state index contributed by atoms with van der Waals surface area (Å²) in [5.74, 6) is 1.04. The zero-order chi connectivity index (χ0) is 22.6. The van der Waals surface area contributed by atoms with Gasteiger partial charge in [0.05, 0.1) is 12.5 Å². The Morgan fingerprint density at radius 2 is 1.72 bits per heavy atom. The Hall–Kier alpha value is -1.79. The quantitative estimate of drug-likeness (QED) is 0.617. The predicted molar refractivity (Wildman–Crippen MR) is 128 cm³/mol. The van der Waals surface area contributed by atoms with Gasteiger partial charge in [-0.25, -0.2) is 0 Å². The smallest absolute Gasteiger partial charge is 0.233 e. The topological polar surface area (TPSA) is 42.0 Å². The van der Waals surface area contributed by atoms with Crippen LogP contribution in [0.2, 0.25) is 10.0 Å². The highest BCUT2D eigenvalue weighted by Crippen LogP contribution is 2.41. The number of carbonyl (C=O) groups excluding carboxylic acids is 1. The first-order valence-electron chi connectivity index (χ1n) is 11.2. The number of halogens is 2. The van der Waals surface area contributed by atoms with E-state index in [1.165, 1.54) is 5.56 Å². The largest absolute Gasteiger partial charge is 0.497 e. The van der Waals surface area contributed by atoms with Crippen molar-refractivity contribution in [1.82, 2.24) is 9.80 Å². The van der Waals surface area contributed by atoms with Crippen molar-refractivity contribution in [3.63, 3.8) is 0 Å². The second kappa shape index (κ2) is 10.4. The number of hydrogen-bond donors (Lipinski definition) is 0. The van der Waals surface area contributed by atoms with Crippen LogP contribution < -0.4 is 4.74 Å². The van der Waals surface area contributed by atoms with Crippen molar-refractivity contribution >= 4 is 29.1 Å². The van der Waals surface area contributed by atoms with Crippen LogP contribution in [0.15, 0.2) is 42.5 Å². The number of nitrogens with zero attached hydrogens (tertiary/aromatic N) is 2. The van der Waals surface area contributed by atoms with Gasteiger partial charge in [0.2, 0.25) is 5.91 Å². The van der Waals surface area contributed by atoms with E-state index >= 15 is 0 Å². The number of carbonyl (C=O) groups is 1. The summed E-state index contributed by atoms with van der Waals surface area (Å²) in [7, 11) is 1.68. The maximum Gasteiger partial charge on any atom is 0.233 e. The minimum absolute atomic E-state index is 0.167. The van der Waals surface area contributed by atoms with E-state index in [0.29, 0.717) is 36.1 Å². The van der Waals surface area contributed by atoms with Gasteiger partial charge in [-0.15, -0.1) is 0 Å². The molecule has 0 unspecified atom stereocenters. The van der Waals surface area contributed by atoms with E-state index in [0.717, 1.165) is 50.5 Å². The summed E-state index contributed by atoms with van der Waals surface area (Å²) in [5.41, 5.74) is 1.53. The normalized spacial score (nSPS) is 19.0. The average Bonchev–Trinajstić information content (AvgIpc) is 2.83. The lowest BCUT2D eigenvalue weighted by Gasteiger charge is -2.43. The zero-order valence-electron chi connectivity index (χ0n) is 18.5. The molecule has 7 heteroatoms. The molecule has 0 radical (unpaired) electrons. The Kier molecular flexibility index (Phi) is 7.62. The number of hydrogen-bond acceptors (Lipinski definition) is 4. The van der Waals surface area contributed by atoms with E-state index in [9.17, 15) is 4.79 Å². The number of rotatable bonds is 6. The molecule has 0 saturated carbocycles. The highest BCUT2D eigenvalue weighted by molar-refractivity contribution is 6.35. The molecule has 0 atom stereocenters. The van der Waals surface area contributed by atoms with Crippen molar-refractivity contribution in [2.24, 2.45) is 0 Å². The van der Waals surface area contributed by atoms with Crippen LogP contribution >= 0.6 is 23.2 Å². The summed E-state index contributed by atoms with van der Waals surface area (Å²) < 4.78 is 10.8. The van der Waals surface area contributed by atoms with Crippen LogP contribution in [0.5, 0.6) is 5.75 Å². The summed E-state index contributed by atoms with van der Waals surface area (Å²) in [6.45, 7) is 5.32. The van der Waals surface area contributed by atoms with Crippen LogP contribution in [0, 0.1) is 0 Å². The third kappa shape index (κ3) is 5.07. The lowest BCUT2D eigenvalue weighted by molar-refractivity contribution is -0.143. The third-order valence-corrected chi connectivity index (χ3v) is 7.29. The summed E-state index contributed by atoms with van der Waals surface area (Å²) in [6.07, 6.45) is 2.27. The van der Waals surface area contributed by atoms with Gasteiger partial charge >= 0.3 is 0 Å². The van der Waals surface area contributed by atoms with E-state index in [4.69, 9.17) is 32.7 Å². The van der Waals surface area contributed by atoms with Crippen molar-refractivity contribution in [1.29, 1.82) is 0 Å². The highest BCUT2D eigenvalue weighted by atomic mass is 35.5. The van der Waals surface area contributed by atoms with Crippen molar-refractivity contribution in [3.8, 4) is 5.75 Å². The Morgan fingerprint density at radius 1 is 1.03 bits per heavy atom. The van der Waals surface area contributed by atoms with Gasteiger partial charge < -0.3 is 14.4 Å². The van der Waals surface area contributed by atoms with Gasteiger partial charge in [-0.05, 0) is 54.7 Å². The molecule has 2 fully saturated rings. The molecule has 0 aliphatic carbocycles. The van der Waals surface area contributed by atoms with Crippen molar-refractivity contribution in [2.75, 3.05) is 53.0 Å². The van der Waals surface area contributed by atoms with E-state index in [1.807, 2.05) is 29.2 Å². The Balaban J connectivity index is 1.39. The summed E-state index contributed by atoms with van der Waals surface area (Å²) in [6, 6.07) is 13.7. The zero-order valence-corrected chi connectivity index (χ0v) is 20.0. The fourth-order valence-electron chi connectivity index (χ4n) is 4.75. The lowest BCUT2D eigenvalue weighted by atomic mass is 9.72. The van der Waals surface area contributed by atoms with E-state index < -0.39 is 5.41 Å². The molecular formula is C25H30Cl2N2O3. The van der Waals surface area contributed by atoms with E-state index in [-0.39, 0.29) is 5.91 Å². The fraction of sp³-hybridized carbons (Fsp3) is 0.480. The molecule has 5 nitrogen and oxygen atoms in total. The molecule has 2 aliphatic rings. The molecule has 2 heterocycles. The van der Waals surface area contributed by atoms with Crippen LogP contribution in [-0.4, -0.2) is 68.8 Å². The van der Waals surface area contributed by atoms with Crippen LogP contribution in [0.3, 0.4) is 0 Å². The molecule has 1 amide bonds. The molecule has 2 aromatic rings. The minimum atomic E-state index is -0.634. The first-order chi connectivity index (χ1) is 15.5. The second-order valence-corrected chi connectivity index (χ2v) is 9.39. The van der Waals surface area contributed by atoms with Gasteiger partial charge in [0.1, 0.15) is 5.75 Å². The standard InChI is InChI=1S/C25H30Cl2N2O3/c1-31-21-5-2-19(3-6-21)8-11-28-12-14-29(15-13-28)24(30)25(9-16-32-17-10-25)22-7-4-20(26)18-23(22)27/h2-7,18H,8-17H2,1H3. The Labute approximate surface area is 200 Å². The molecule has 0 N–H and O–H groups in total. The molecule has 0 bridgehead atoms. The number of ether oxygens (including phenoxy) is 2. The monoisotopic (exact) mass is 476 g/mol. The number of piperazine rings is 1. The summed E-state index contributed by atoms with van der Waals surface area (Å²) in [4.78, 5) is 18.3. The van der Waals surface area contributed by atoms with Crippen LogP contribution in [-0.2, 0) is 21.4 Å². The molecule has 2 aromatic carbocycles. The molecular weight excluding hydrogens is 447 g/mol. The van der Waals surface area contributed by atoms with Crippen LogP contribution in [0.4, 0.5) is 0 Å². The van der Waals surface area contributed by atoms with Gasteiger partial charge in [-0.2, -0.15) is 0 Å². The Bertz CT molecular complexity index is 921. The molecule has 172 valence electrons. The van der Waals surface area contributed by atoms with E-state index in [1.54, 1.807) is 13.2 Å². The molecule has 2 aliphatic heterocycles. The van der Waals surface area contributed by atoms with Gasteiger partial charge in [0.25, 0.3) is 0 Å². The number of benzene rings is 2. The minimum Gasteiger partial charge on any atom is -0.497 e. The lowest BCUT2D eigenvalue weighted by Crippen LogP contribution is -2.56. The molecule has 0 spiro atoms. The maximum absolute atomic E-state index is 13.8. The van der Waals surface area contributed by atoms with Crippen LogP contribution in [0.25, 0.3) is 0 Å². The highest BCUT2D eigenvalue weighted by Gasteiger charge is 2.45. The summed E-state index contributed by atoms with van der Waals surface area (Å²) >= 11 is 12.7. The molecule has 32 heavy (non-hydrogen) atoms. The Morgan fingerprint density at radius 3 is 2.34 bits per heavy atom. The molecule has 0 aromatic heterocycles. The SMILES string of the molecule is COc1ccc(CCN2CCN(C(=O)C3(c4ccc(Cl)cc4Cl)CCOCC3)CC2)cc1. The van der Waals surface area contributed by atoms with Gasteiger partial charge in [0.15, 0.2) is 0 Å². The summed E-state index contributed by atoms with van der Waals surface area (Å²) in [5, 5.41) is 1.14. The fourth-order valence-corrected chi connectivity index (χ4v) is 5.34. The van der Waals surface area contributed by atoms with Crippen LogP contribution in [0.1, 0.15) is 24.0 Å². The maximum atomic E-state index is 13.8. The predicted octanol–water partition coefficient (Wildman–Crippen LogP) is 4.44. The first-order valence-corrected chi connectivity index (χ1v) is 12.0. The number of amides is 1. The first kappa shape index (κ1) is 23.4. The second-order valence-electron chi connectivity index (χ2n) is 8.55. The third-order valence-electron chi connectivity index (χ3n) is 6.74. The van der Waals surface area contributed by atoms with Crippen molar-refractivity contribution in [2.45, 2.75) is 24.7 Å². The van der Waals surface area contributed by atoms with Gasteiger partial charge in [-0.1, -0.05) is 41.4 Å². The van der Waals surface area contributed by atoms with Gasteiger partial charge in [0, 0.05) is 56.0 Å². The van der Waals surface area contributed by atoms with Crippen molar-refractivity contribution in [3.05, 3.63) is 63.6 Å². The van der Waals surface area contributed by atoms with E-state index in [2.05, 4.69) is 17.0 Å². The van der Waals surface area contributed by atoms with Crippen molar-refractivity contribution < 1.29 is 14.3 Å². The average molecular weight is 477 g/mol. The number of methoxy groups -OCH3 is 1. The molecule has 4 rings (SSSR count).